The Bertz CT molecular complexity index is 782. The van der Waals surface area contributed by atoms with Crippen molar-refractivity contribution in [2.45, 2.75) is 31.6 Å². The van der Waals surface area contributed by atoms with Crippen LogP contribution in [0.4, 0.5) is 4.79 Å². The fraction of sp³-hybridized carbons (Fsp3) is 0.792. The minimum absolute atomic E-state index is 0.139. The standard InChI is InChI=1S/C24H43BrCl2N6O9/c1-40-23(38)18(32-22(37)17-42-13-12-41-11-8-30-19(34)14-25)4-2-3-5-31-24(39)33(9-6-28-20(35)15-26)10-7-29-21(36)16-27/h18,23,38H,2-17H2,1H3,(H,28,35)(H,29,36)(H,30,34)(H,31,39)(H,32,37)/t18-,23?/m0/s1. The van der Waals surface area contributed by atoms with Gasteiger partial charge in [-0.25, -0.2) is 4.79 Å². The van der Waals surface area contributed by atoms with Crippen molar-refractivity contribution < 1.29 is 43.3 Å². The molecule has 1 unspecified atom stereocenters. The first kappa shape index (κ1) is 40.1. The fourth-order valence-electron chi connectivity index (χ4n) is 3.26. The van der Waals surface area contributed by atoms with Crippen LogP contribution in [-0.2, 0) is 33.4 Å². The van der Waals surface area contributed by atoms with E-state index in [1.165, 1.54) is 12.0 Å². The summed E-state index contributed by atoms with van der Waals surface area (Å²) in [5.41, 5.74) is 0. The number of nitrogens with zero attached hydrogens (tertiary/aromatic N) is 1. The molecule has 244 valence electrons. The number of aliphatic hydroxyl groups excluding tert-OH is 1. The number of nitrogens with one attached hydrogen (secondary N) is 5. The molecule has 0 aliphatic rings. The van der Waals surface area contributed by atoms with E-state index >= 15 is 0 Å². The van der Waals surface area contributed by atoms with Crippen molar-refractivity contribution in [2.75, 3.05) is 89.9 Å². The highest BCUT2D eigenvalue weighted by Crippen LogP contribution is 2.06. The Morgan fingerprint density at radius 2 is 1.38 bits per heavy atom. The second-order valence-corrected chi connectivity index (χ2v) is 9.73. The zero-order valence-corrected chi connectivity index (χ0v) is 26.9. The van der Waals surface area contributed by atoms with Crippen molar-refractivity contribution in [3.05, 3.63) is 0 Å². The maximum Gasteiger partial charge on any atom is 0.317 e. The highest BCUT2D eigenvalue weighted by atomic mass is 79.9. The van der Waals surface area contributed by atoms with Gasteiger partial charge in [0.15, 0.2) is 6.29 Å². The second kappa shape index (κ2) is 26.7. The van der Waals surface area contributed by atoms with Gasteiger partial charge in [0.1, 0.15) is 18.4 Å². The minimum atomic E-state index is -1.23. The summed E-state index contributed by atoms with van der Waals surface area (Å²) in [7, 11) is 1.32. The summed E-state index contributed by atoms with van der Waals surface area (Å²) >= 11 is 14.0. The molecule has 0 rings (SSSR count). The first-order valence-corrected chi connectivity index (χ1v) is 15.5. The van der Waals surface area contributed by atoms with Gasteiger partial charge in [0, 0.05) is 46.4 Å². The van der Waals surface area contributed by atoms with Gasteiger partial charge in [0.25, 0.3) is 0 Å². The van der Waals surface area contributed by atoms with E-state index in [0.29, 0.717) is 39.0 Å². The van der Waals surface area contributed by atoms with Gasteiger partial charge in [-0.3, -0.25) is 19.2 Å². The Hall–Kier alpha value is -1.95. The Morgan fingerprint density at radius 3 is 1.95 bits per heavy atom. The highest BCUT2D eigenvalue weighted by Gasteiger charge is 2.21. The van der Waals surface area contributed by atoms with Crippen molar-refractivity contribution in [3.8, 4) is 0 Å². The molecule has 0 fully saturated rings. The van der Waals surface area contributed by atoms with Crippen LogP contribution >= 0.6 is 39.1 Å². The van der Waals surface area contributed by atoms with Gasteiger partial charge in [-0.2, -0.15) is 0 Å². The highest BCUT2D eigenvalue weighted by molar-refractivity contribution is 9.09. The number of hydrogen-bond acceptors (Lipinski definition) is 9. The SMILES string of the molecule is COC(O)[C@H](CCCCNC(=O)N(CCNC(=O)CCl)CCNC(=O)CCl)NC(=O)COCCOCCNC(=O)CBr. The van der Waals surface area contributed by atoms with E-state index in [2.05, 4.69) is 42.5 Å². The molecule has 0 aliphatic heterocycles. The van der Waals surface area contributed by atoms with Gasteiger partial charge >= 0.3 is 6.03 Å². The molecule has 18 heteroatoms. The summed E-state index contributed by atoms with van der Waals surface area (Å²) in [6.45, 7) is 1.94. The third kappa shape index (κ3) is 21.7. The van der Waals surface area contributed by atoms with Gasteiger partial charge in [-0.05, 0) is 19.3 Å². The van der Waals surface area contributed by atoms with Gasteiger partial charge in [0.05, 0.1) is 31.2 Å². The van der Waals surface area contributed by atoms with Crippen molar-refractivity contribution in [1.82, 2.24) is 31.5 Å². The first-order valence-electron chi connectivity index (χ1n) is 13.3. The number of carbonyl (C=O) groups excluding carboxylic acids is 5. The molecule has 0 aliphatic carbocycles. The fourth-order valence-corrected chi connectivity index (χ4v) is 3.65. The molecule has 0 aromatic rings. The topological polar surface area (TPSA) is 197 Å². The van der Waals surface area contributed by atoms with Crippen molar-refractivity contribution in [3.63, 3.8) is 0 Å². The van der Waals surface area contributed by atoms with Gasteiger partial charge in [-0.1, -0.05) is 15.9 Å². The lowest BCUT2D eigenvalue weighted by Gasteiger charge is -2.24. The van der Waals surface area contributed by atoms with E-state index in [1.54, 1.807) is 0 Å². The summed E-state index contributed by atoms with van der Waals surface area (Å²) in [4.78, 5) is 60.1. The maximum atomic E-state index is 12.6. The third-order valence-corrected chi connectivity index (χ3v) is 6.38. The molecule has 15 nitrogen and oxygen atoms in total. The quantitative estimate of drug-likeness (QED) is 0.0386. The Balaban J connectivity index is 4.41. The van der Waals surface area contributed by atoms with E-state index < -0.39 is 18.2 Å². The number of methoxy groups -OCH3 is 1. The molecule has 0 spiro atoms. The minimum Gasteiger partial charge on any atom is -0.377 e. The maximum absolute atomic E-state index is 12.6. The zero-order chi connectivity index (χ0) is 31.6. The lowest BCUT2D eigenvalue weighted by molar-refractivity contribution is -0.135. The van der Waals surface area contributed by atoms with Crippen LogP contribution in [0.25, 0.3) is 0 Å². The van der Waals surface area contributed by atoms with Crippen LogP contribution in [0.3, 0.4) is 0 Å². The number of amides is 6. The van der Waals surface area contributed by atoms with Crippen LogP contribution < -0.4 is 26.6 Å². The number of urea groups is 1. The molecule has 0 saturated heterocycles. The molecule has 0 radical (unpaired) electrons. The Labute approximate surface area is 264 Å². The summed E-state index contributed by atoms with van der Waals surface area (Å²) < 4.78 is 15.5. The van der Waals surface area contributed by atoms with Gasteiger partial charge < -0.3 is 50.8 Å². The van der Waals surface area contributed by atoms with E-state index in [-0.39, 0.29) is 86.8 Å². The normalized spacial score (nSPS) is 12.1. The van der Waals surface area contributed by atoms with Crippen LogP contribution in [0.1, 0.15) is 19.3 Å². The third-order valence-electron chi connectivity index (χ3n) is 5.38. The van der Waals surface area contributed by atoms with E-state index in [0.717, 1.165) is 0 Å². The smallest absolute Gasteiger partial charge is 0.317 e. The number of unbranched alkanes of at least 4 members (excludes halogenated alkanes) is 1. The predicted octanol–water partition coefficient (Wildman–Crippen LogP) is -1.13. The Morgan fingerprint density at radius 1 is 0.786 bits per heavy atom. The van der Waals surface area contributed by atoms with Gasteiger partial charge in [-0.15, -0.1) is 23.2 Å². The van der Waals surface area contributed by atoms with Crippen LogP contribution in [0.5, 0.6) is 0 Å². The second-order valence-electron chi connectivity index (χ2n) is 8.63. The Kier molecular flexibility index (Phi) is 25.4. The lowest BCUT2D eigenvalue weighted by Crippen LogP contribution is -2.47. The van der Waals surface area contributed by atoms with Crippen LogP contribution in [0.15, 0.2) is 0 Å². The van der Waals surface area contributed by atoms with Crippen LogP contribution in [0.2, 0.25) is 0 Å². The van der Waals surface area contributed by atoms with Crippen LogP contribution in [0, 0.1) is 0 Å². The number of alkyl halides is 3. The molecule has 0 bridgehead atoms. The van der Waals surface area contributed by atoms with Crippen molar-refractivity contribution >= 4 is 68.8 Å². The van der Waals surface area contributed by atoms with Crippen LogP contribution in [-0.4, -0.2) is 142 Å². The molecule has 0 aromatic carbocycles. The van der Waals surface area contributed by atoms with E-state index in [1.807, 2.05) is 0 Å². The van der Waals surface area contributed by atoms with Gasteiger partial charge in [0.2, 0.25) is 23.6 Å². The zero-order valence-electron chi connectivity index (χ0n) is 23.8. The van der Waals surface area contributed by atoms with E-state index in [4.69, 9.17) is 37.4 Å². The number of hydrogen-bond donors (Lipinski definition) is 6. The number of carbonyl (C=O) groups is 5. The molecule has 6 amide bonds. The summed E-state index contributed by atoms with van der Waals surface area (Å²) in [6, 6.07) is -1.08. The summed E-state index contributed by atoms with van der Waals surface area (Å²) in [5.74, 6) is -1.69. The van der Waals surface area contributed by atoms with Crippen molar-refractivity contribution in [2.24, 2.45) is 0 Å². The largest absolute Gasteiger partial charge is 0.377 e. The predicted molar refractivity (Wildman–Crippen MR) is 160 cm³/mol. The lowest BCUT2D eigenvalue weighted by atomic mass is 10.1. The molecular weight excluding hydrogens is 667 g/mol. The molecule has 2 atom stereocenters. The van der Waals surface area contributed by atoms with Crippen molar-refractivity contribution in [1.29, 1.82) is 0 Å². The number of ether oxygens (including phenoxy) is 3. The number of halogens is 3. The number of rotatable bonds is 25. The van der Waals surface area contributed by atoms with E-state index in [9.17, 15) is 29.1 Å². The molecule has 0 heterocycles. The monoisotopic (exact) mass is 708 g/mol. The summed E-state index contributed by atoms with van der Waals surface area (Å²) in [5, 5.41) is 23.6. The molecule has 0 aromatic heterocycles. The molecule has 0 saturated carbocycles. The molecule has 42 heavy (non-hydrogen) atoms. The molecule has 6 N–H and O–H groups in total. The summed E-state index contributed by atoms with van der Waals surface area (Å²) in [6.07, 6.45) is 0.226. The first-order chi connectivity index (χ1) is 20.2. The molecular formula is C24H43BrCl2N6O9. The number of aliphatic hydroxyl groups is 1. The average molecular weight is 710 g/mol. The average Bonchev–Trinajstić information content (AvgIpc) is 2.99.